The van der Waals surface area contributed by atoms with Crippen LogP contribution in [0.25, 0.3) is 0 Å². The van der Waals surface area contributed by atoms with Crippen molar-refractivity contribution in [2.45, 2.75) is 47.0 Å². The quantitative estimate of drug-likeness (QED) is 0.700. The van der Waals surface area contributed by atoms with Crippen molar-refractivity contribution in [3.8, 4) is 5.75 Å². The van der Waals surface area contributed by atoms with Gasteiger partial charge in [-0.25, -0.2) is 0 Å². The van der Waals surface area contributed by atoms with E-state index in [9.17, 15) is 0 Å². The number of allylic oxidation sites excluding steroid dienone is 1. The first kappa shape index (κ1) is 14.1. The van der Waals surface area contributed by atoms with Crippen molar-refractivity contribution in [3.63, 3.8) is 0 Å². The summed E-state index contributed by atoms with van der Waals surface area (Å²) in [4.78, 5) is 4.21. The number of ether oxygens (including phenoxy) is 1. The third kappa shape index (κ3) is 4.38. The standard InChI is InChI=1S/C17H25NO/c1-13(5-7-15-11-17(15,3)4)9-10-19-16-8-6-14(2)18-12-16/h6,8-9,12,15H,5,7,10-11H2,1-4H3. The van der Waals surface area contributed by atoms with Gasteiger partial charge in [-0.1, -0.05) is 19.4 Å². The number of aryl methyl sites for hydroxylation is 1. The Morgan fingerprint density at radius 2 is 2.21 bits per heavy atom. The minimum atomic E-state index is 0.602. The molecule has 1 aromatic rings. The van der Waals surface area contributed by atoms with Gasteiger partial charge in [0.1, 0.15) is 12.4 Å². The minimum Gasteiger partial charge on any atom is -0.488 e. The molecule has 2 heteroatoms. The number of nitrogens with zero attached hydrogens (tertiary/aromatic N) is 1. The number of hydrogen-bond acceptors (Lipinski definition) is 2. The molecule has 1 saturated carbocycles. The summed E-state index contributed by atoms with van der Waals surface area (Å²) in [6, 6.07) is 3.94. The molecule has 0 aliphatic heterocycles. The van der Waals surface area contributed by atoms with Crippen LogP contribution in [-0.2, 0) is 0 Å². The Morgan fingerprint density at radius 3 is 2.79 bits per heavy atom. The smallest absolute Gasteiger partial charge is 0.138 e. The molecule has 1 aliphatic carbocycles. The molecule has 0 aromatic carbocycles. The SMILES string of the molecule is CC(=CCOc1ccc(C)nc1)CCC1CC1(C)C. The van der Waals surface area contributed by atoms with E-state index < -0.39 is 0 Å². The van der Waals surface area contributed by atoms with E-state index in [1.165, 1.54) is 24.8 Å². The van der Waals surface area contributed by atoms with Crippen LogP contribution < -0.4 is 4.74 Å². The van der Waals surface area contributed by atoms with Gasteiger partial charge in [0.2, 0.25) is 0 Å². The Kier molecular flexibility index (Phi) is 4.28. The highest BCUT2D eigenvalue weighted by Crippen LogP contribution is 2.54. The summed E-state index contributed by atoms with van der Waals surface area (Å²) in [7, 11) is 0. The third-order valence-electron chi connectivity index (χ3n) is 4.17. The highest BCUT2D eigenvalue weighted by atomic mass is 16.5. The molecule has 0 spiro atoms. The average Bonchev–Trinajstić information content (AvgIpc) is 2.97. The Balaban J connectivity index is 1.68. The fourth-order valence-electron chi connectivity index (χ4n) is 2.39. The summed E-state index contributed by atoms with van der Waals surface area (Å²) in [6.07, 6.45) is 7.89. The summed E-state index contributed by atoms with van der Waals surface area (Å²) in [5, 5.41) is 0. The lowest BCUT2D eigenvalue weighted by Gasteiger charge is -2.06. The molecule has 0 saturated heterocycles. The summed E-state index contributed by atoms with van der Waals surface area (Å²) in [5.41, 5.74) is 3.05. The molecule has 1 heterocycles. The first-order valence-corrected chi connectivity index (χ1v) is 7.18. The van der Waals surface area contributed by atoms with Crippen LogP contribution in [0.4, 0.5) is 0 Å². The van der Waals surface area contributed by atoms with Gasteiger partial charge in [0, 0.05) is 5.69 Å². The van der Waals surface area contributed by atoms with Crippen LogP contribution in [0.2, 0.25) is 0 Å². The maximum absolute atomic E-state index is 5.66. The number of rotatable bonds is 6. The van der Waals surface area contributed by atoms with Crippen LogP contribution in [0.5, 0.6) is 5.75 Å². The summed E-state index contributed by atoms with van der Waals surface area (Å²) in [5.74, 6) is 1.77. The molecule has 1 aromatic heterocycles. The molecule has 0 amide bonds. The number of aromatic nitrogens is 1. The second kappa shape index (κ2) is 5.77. The van der Waals surface area contributed by atoms with Gasteiger partial charge >= 0.3 is 0 Å². The van der Waals surface area contributed by atoms with E-state index in [1.807, 2.05) is 19.1 Å². The molecule has 1 fully saturated rings. The Hall–Kier alpha value is -1.31. The highest BCUT2D eigenvalue weighted by molar-refractivity contribution is 5.19. The van der Waals surface area contributed by atoms with Crippen LogP contribution in [0.15, 0.2) is 30.0 Å². The van der Waals surface area contributed by atoms with E-state index in [4.69, 9.17) is 4.74 Å². The van der Waals surface area contributed by atoms with E-state index in [2.05, 4.69) is 31.8 Å². The molecule has 2 nitrogen and oxygen atoms in total. The van der Waals surface area contributed by atoms with Gasteiger partial charge in [-0.2, -0.15) is 0 Å². The van der Waals surface area contributed by atoms with Crippen molar-refractivity contribution in [3.05, 3.63) is 35.7 Å². The molecule has 1 aliphatic rings. The van der Waals surface area contributed by atoms with Crippen molar-refractivity contribution in [2.24, 2.45) is 11.3 Å². The minimum absolute atomic E-state index is 0.602. The monoisotopic (exact) mass is 259 g/mol. The topological polar surface area (TPSA) is 22.1 Å². The molecule has 0 radical (unpaired) electrons. The second-order valence-corrected chi connectivity index (χ2v) is 6.43. The Bertz CT molecular complexity index is 445. The number of hydrogen-bond donors (Lipinski definition) is 0. The zero-order valence-electron chi connectivity index (χ0n) is 12.6. The van der Waals surface area contributed by atoms with E-state index >= 15 is 0 Å². The second-order valence-electron chi connectivity index (χ2n) is 6.43. The van der Waals surface area contributed by atoms with Crippen LogP contribution in [0.1, 0.15) is 45.7 Å². The molecule has 1 unspecified atom stereocenters. The lowest BCUT2D eigenvalue weighted by molar-refractivity contribution is 0.359. The fourth-order valence-corrected chi connectivity index (χ4v) is 2.39. The largest absolute Gasteiger partial charge is 0.488 e. The van der Waals surface area contributed by atoms with Gasteiger partial charge in [0.25, 0.3) is 0 Å². The fraction of sp³-hybridized carbons (Fsp3) is 0.588. The van der Waals surface area contributed by atoms with Gasteiger partial charge in [-0.05, 0) is 62.7 Å². The molecule has 2 rings (SSSR count). The van der Waals surface area contributed by atoms with E-state index in [1.54, 1.807) is 6.20 Å². The predicted octanol–water partition coefficient (Wildman–Crippen LogP) is 4.54. The van der Waals surface area contributed by atoms with E-state index in [0.29, 0.717) is 12.0 Å². The average molecular weight is 259 g/mol. The van der Waals surface area contributed by atoms with Crippen molar-refractivity contribution in [2.75, 3.05) is 6.61 Å². The maximum atomic E-state index is 5.66. The molecule has 104 valence electrons. The van der Waals surface area contributed by atoms with Crippen molar-refractivity contribution in [1.82, 2.24) is 4.98 Å². The van der Waals surface area contributed by atoms with Crippen molar-refractivity contribution < 1.29 is 4.74 Å². The lowest BCUT2D eigenvalue weighted by Crippen LogP contribution is -1.96. The van der Waals surface area contributed by atoms with Crippen molar-refractivity contribution >= 4 is 0 Å². The van der Waals surface area contributed by atoms with Crippen LogP contribution in [0, 0.1) is 18.3 Å². The molecule has 1 atom stereocenters. The number of pyridine rings is 1. The maximum Gasteiger partial charge on any atom is 0.138 e. The molecule has 0 bridgehead atoms. The zero-order chi connectivity index (χ0) is 13.9. The zero-order valence-corrected chi connectivity index (χ0v) is 12.6. The third-order valence-corrected chi connectivity index (χ3v) is 4.17. The predicted molar refractivity (Wildman–Crippen MR) is 79.3 cm³/mol. The summed E-state index contributed by atoms with van der Waals surface area (Å²) >= 11 is 0. The van der Waals surface area contributed by atoms with E-state index in [-0.39, 0.29) is 0 Å². The normalized spacial score (nSPS) is 21.3. The first-order valence-electron chi connectivity index (χ1n) is 7.18. The van der Waals surface area contributed by atoms with E-state index in [0.717, 1.165) is 17.4 Å². The first-order chi connectivity index (χ1) is 8.97. The van der Waals surface area contributed by atoms with Crippen molar-refractivity contribution in [1.29, 1.82) is 0 Å². The van der Waals surface area contributed by atoms with Crippen LogP contribution >= 0.6 is 0 Å². The molecular formula is C17H25NO. The van der Waals surface area contributed by atoms with Crippen LogP contribution in [0.3, 0.4) is 0 Å². The van der Waals surface area contributed by atoms with Gasteiger partial charge in [-0.3, -0.25) is 4.98 Å². The van der Waals surface area contributed by atoms with Gasteiger partial charge in [-0.15, -0.1) is 0 Å². The summed E-state index contributed by atoms with van der Waals surface area (Å²) < 4.78 is 5.66. The Labute approximate surface area is 116 Å². The lowest BCUT2D eigenvalue weighted by atomic mass is 10.0. The Morgan fingerprint density at radius 1 is 1.47 bits per heavy atom. The molecule has 19 heavy (non-hydrogen) atoms. The van der Waals surface area contributed by atoms with Gasteiger partial charge < -0.3 is 4.74 Å². The summed E-state index contributed by atoms with van der Waals surface area (Å²) in [6.45, 7) is 9.55. The molecular weight excluding hydrogens is 234 g/mol. The van der Waals surface area contributed by atoms with Gasteiger partial charge in [0.15, 0.2) is 0 Å². The van der Waals surface area contributed by atoms with Gasteiger partial charge in [0.05, 0.1) is 6.20 Å². The molecule has 0 N–H and O–H groups in total. The van der Waals surface area contributed by atoms with Crippen LogP contribution in [-0.4, -0.2) is 11.6 Å². The highest BCUT2D eigenvalue weighted by Gasteiger charge is 2.44.